The lowest BCUT2D eigenvalue weighted by atomic mass is 10.1. The maximum absolute atomic E-state index is 13.2. The third-order valence-corrected chi connectivity index (χ3v) is 3.07. The molecule has 0 saturated carbocycles. The van der Waals surface area contributed by atoms with Crippen LogP contribution in [0.4, 0.5) is 10.1 Å². The van der Waals surface area contributed by atoms with E-state index >= 15 is 0 Å². The van der Waals surface area contributed by atoms with Gasteiger partial charge in [0.25, 0.3) is 0 Å². The van der Waals surface area contributed by atoms with E-state index in [1.54, 1.807) is 6.07 Å². The molecule has 1 aromatic carbocycles. The Bertz CT molecular complexity index is 422. The number of nitrogens with one attached hydrogen (secondary N) is 1. The summed E-state index contributed by atoms with van der Waals surface area (Å²) in [5, 5.41) is 2.68. The van der Waals surface area contributed by atoms with Gasteiger partial charge in [-0.2, -0.15) is 0 Å². The predicted molar refractivity (Wildman–Crippen MR) is 59.0 cm³/mol. The van der Waals surface area contributed by atoms with Gasteiger partial charge in [-0.05, 0) is 46.5 Å². The van der Waals surface area contributed by atoms with E-state index in [-0.39, 0.29) is 11.7 Å². The zero-order chi connectivity index (χ0) is 11.0. The standard InChI is InChI=1S/C10H10BrFN2O/c11-6-4-9-5(3-7(6)12)1-2-8(13)10(15)14-9/h3-4,8H,1-2,13H2,(H,14,15)/t8-/m0/s1. The van der Waals surface area contributed by atoms with Crippen LogP contribution in [0.2, 0.25) is 0 Å². The number of hydrogen-bond acceptors (Lipinski definition) is 2. The zero-order valence-corrected chi connectivity index (χ0v) is 9.47. The molecular formula is C10H10BrFN2O. The largest absolute Gasteiger partial charge is 0.324 e. The molecule has 15 heavy (non-hydrogen) atoms. The van der Waals surface area contributed by atoms with E-state index in [9.17, 15) is 9.18 Å². The lowest BCUT2D eigenvalue weighted by molar-refractivity contribution is -0.117. The molecule has 0 aliphatic carbocycles. The molecule has 0 unspecified atom stereocenters. The number of carbonyl (C=O) groups is 1. The van der Waals surface area contributed by atoms with Gasteiger partial charge in [-0.25, -0.2) is 4.39 Å². The molecule has 0 fully saturated rings. The number of hydrogen-bond donors (Lipinski definition) is 2. The Kier molecular flexibility index (Phi) is 2.75. The second kappa shape index (κ2) is 3.90. The van der Waals surface area contributed by atoms with Gasteiger partial charge in [-0.1, -0.05) is 0 Å². The first kappa shape index (κ1) is 10.6. The smallest absolute Gasteiger partial charge is 0.241 e. The molecule has 0 aromatic heterocycles. The van der Waals surface area contributed by atoms with E-state index in [0.29, 0.717) is 23.0 Å². The molecule has 1 atom stereocenters. The highest BCUT2D eigenvalue weighted by Gasteiger charge is 2.21. The third-order valence-electron chi connectivity index (χ3n) is 2.47. The zero-order valence-electron chi connectivity index (χ0n) is 7.89. The summed E-state index contributed by atoms with van der Waals surface area (Å²) in [7, 11) is 0. The van der Waals surface area contributed by atoms with Crippen LogP contribution in [0, 0.1) is 5.82 Å². The van der Waals surface area contributed by atoms with Gasteiger partial charge < -0.3 is 11.1 Å². The highest BCUT2D eigenvalue weighted by molar-refractivity contribution is 9.10. The Balaban J connectivity index is 2.43. The fourth-order valence-corrected chi connectivity index (χ4v) is 1.92. The van der Waals surface area contributed by atoms with Crippen molar-refractivity contribution in [1.29, 1.82) is 0 Å². The molecule has 1 aliphatic rings. The number of anilines is 1. The monoisotopic (exact) mass is 272 g/mol. The van der Waals surface area contributed by atoms with Gasteiger partial charge in [0.05, 0.1) is 10.5 Å². The number of amides is 1. The lowest BCUT2D eigenvalue weighted by Crippen LogP contribution is -2.34. The first-order valence-corrected chi connectivity index (χ1v) is 5.41. The lowest BCUT2D eigenvalue weighted by Gasteiger charge is -2.08. The van der Waals surface area contributed by atoms with E-state index in [1.807, 2.05) is 0 Å². The maximum atomic E-state index is 13.2. The van der Waals surface area contributed by atoms with Crippen LogP contribution in [0.1, 0.15) is 12.0 Å². The summed E-state index contributed by atoms with van der Waals surface area (Å²) in [5.41, 5.74) is 7.05. The van der Waals surface area contributed by atoms with Crippen LogP contribution in [-0.4, -0.2) is 11.9 Å². The summed E-state index contributed by atoms with van der Waals surface area (Å²) < 4.78 is 13.6. The van der Waals surface area contributed by atoms with Gasteiger partial charge in [0.2, 0.25) is 5.91 Å². The molecule has 80 valence electrons. The number of fused-ring (bicyclic) bond motifs is 1. The van der Waals surface area contributed by atoms with Crippen molar-refractivity contribution in [3.63, 3.8) is 0 Å². The van der Waals surface area contributed by atoms with Crippen molar-refractivity contribution in [3.8, 4) is 0 Å². The van der Waals surface area contributed by atoms with Crippen LogP contribution in [0.15, 0.2) is 16.6 Å². The van der Waals surface area contributed by atoms with Gasteiger partial charge in [0.15, 0.2) is 0 Å². The summed E-state index contributed by atoms with van der Waals surface area (Å²) in [6.45, 7) is 0. The number of carbonyl (C=O) groups excluding carboxylic acids is 1. The Morgan fingerprint density at radius 3 is 3.00 bits per heavy atom. The average molecular weight is 273 g/mol. The Labute approximate surface area is 95.0 Å². The minimum absolute atomic E-state index is 0.216. The first-order chi connectivity index (χ1) is 7.08. The second-order valence-corrected chi connectivity index (χ2v) is 4.41. The molecule has 5 heteroatoms. The van der Waals surface area contributed by atoms with Crippen LogP contribution >= 0.6 is 15.9 Å². The average Bonchev–Trinajstić information content (AvgIpc) is 2.31. The molecular weight excluding hydrogens is 263 g/mol. The second-order valence-electron chi connectivity index (χ2n) is 3.56. The van der Waals surface area contributed by atoms with Gasteiger partial charge in [0, 0.05) is 5.69 Å². The minimum Gasteiger partial charge on any atom is -0.324 e. The van der Waals surface area contributed by atoms with E-state index in [2.05, 4.69) is 21.2 Å². The van der Waals surface area contributed by atoms with E-state index < -0.39 is 6.04 Å². The SMILES string of the molecule is N[C@H]1CCc2cc(F)c(Br)cc2NC1=O. The van der Waals surface area contributed by atoms with Crippen LogP contribution in [-0.2, 0) is 11.2 Å². The third kappa shape index (κ3) is 2.03. The first-order valence-electron chi connectivity index (χ1n) is 4.62. The van der Waals surface area contributed by atoms with Gasteiger partial charge in [-0.3, -0.25) is 4.79 Å². The van der Waals surface area contributed by atoms with E-state index in [1.165, 1.54) is 6.07 Å². The predicted octanol–water partition coefficient (Wildman–Crippen LogP) is 1.80. The number of nitrogens with two attached hydrogens (primary N) is 1. The maximum Gasteiger partial charge on any atom is 0.241 e. The van der Waals surface area contributed by atoms with Crippen LogP contribution in [0.3, 0.4) is 0 Å². The molecule has 3 N–H and O–H groups in total. The highest BCUT2D eigenvalue weighted by atomic mass is 79.9. The topological polar surface area (TPSA) is 55.1 Å². The summed E-state index contributed by atoms with van der Waals surface area (Å²) in [5.74, 6) is -0.536. The van der Waals surface area contributed by atoms with Crippen molar-refractivity contribution < 1.29 is 9.18 Å². The van der Waals surface area contributed by atoms with Crippen molar-refractivity contribution >= 4 is 27.5 Å². The Morgan fingerprint density at radius 1 is 1.53 bits per heavy atom. The number of benzene rings is 1. The molecule has 1 amide bonds. The molecule has 1 heterocycles. The molecule has 1 aromatic rings. The summed E-state index contributed by atoms with van der Waals surface area (Å²) in [6.07, 6.45) is 1.15. The highest BCUT2D eigenvalue weighted by Crippen LogP contribution is 2.27. The quantitative estimate of drug-likeness (QED) is 0.757. The van der Waals surface area contributed by atoms with Crippen molar-refractivity contribution in [1.82, 2.24) is 0 Å². The van der Waals surface area contributed by atoms with Crippen LogP contribution in [0.5, 0.6) is 0 Å². The number of aryl methyl sites for hydroxylation is 1. The van der Waals surface area contributed by atoms with Gasteiger partial charge in [0.1, 0.15) is 5.82 Å². The van der Waals surface area contributed by atoms with Gasteiger partial charge in [-0.15, -0.1) is 0 Å². The Hall–Kier alpha value is -0.940. The van der Waals surface area contributed by atoms with Crippen LogP contribution in [0.25, 0.3) is 0 Å². The Morgan fingerprint density at radius 2 is 2.27 bits per heavy atom. The van der Waals surface area contributed by atoms with Crippen molar-refractivity contribution in [3.05, 3.63) is 28.0 Å². The molecule has 1 aliphatic heterocycles. The van der Waals surface area contributed by atoms with Gasteiger partial charge >= 0.3 is 0 Å². The van der Waals surface area contributed by atoms with Crippen molar-refractivity contribution in [2.24, 2.45) is 5.73 Å². The van der Waals surface area contributed by atoms with E-state index in [0.717, 1.165) is 5.56 Å². The summed E-state index contributed by atoms with van der Waals surface area (Å²) >= 11 is 3.08. The fourth-order valence-electron chi connectivity index (χ4n) is 1.58. The fraction of sp³-hybridized carbons (Fsp3) is 0.300. The summed E-state index contributed by atoms with van der Waals surface area (Å²) in [4.78, 5) is 11.4. The van der Waals surface area contributed by atoms with Crippen molar-refractivity contribution in [2.75, 3.05) is 5.32 Å². The molecule has 0 bridgehead atoms. The minimum atomic E-state index is -0.515. The molecule has 2 rings (SSSR count). The molecule has 0 spiro atoms. The van der Waals surface area contributed by atoms with Crippen molar-refractivity contribution in [2.45, 2.75) is 18.9 Å². The number of halogens is 2. The van der Waals surface area contributed by atoms with Crippen LogP contribution < -0.4 is 11.1 Å². The summed E-state index contributed by atoms with van der Waals surface area (Å²) in [6, 6.07) is 2.48. The molecule has 0 radical (unpaired) electrons. The molecule has 0 saturated heterocycles. The molecule has 3 nitrogen and oxygen atoms in total. The number of rotatable bonds is 0. The van der Waals surface area contributed by atoms with E-state index in [4.69, 9.17) is 5.73 Å². The normalized spacial score (nSPS) is 20.5.